The lowest BCUT2D eigenvalue weighted by Crippen LogP contribution is -1.95. The fraction of sp³-hybridized carbons (Fsp3) is 0.222. The first-order valence-electron chi connectivity index (χ1n) is 3.76. The Morgan fingerprint density at radius 1 is 1.58 bits per heavy atom. The summed E-state index contributed by atoms with van der Waals surface area (Å²) in [7, 11) is 1.94. The van der Waals surface area contributed by atoms with Gasteiger partial charge in [-0.15, -0.1) is 0 Å². The Bertz CT molecular complexity index is 349. The van der Waals surface area contributed by atoms with Crippen LogP contribution in [0.4, 0.5) is 0 Å². The van der Waals surface area contributed by atoms with Gasteiger partial charge in [-0.1, -0.05) is 0 Å². The smallest absolute Gasteiger partial charge is 0.331 e. The summed E-state index contributed by atoms with van der Waals surface area (Å²) in [5.74, 6) is -0.244. The van der Waals surface area contributed by atoms with E-state index in [0.29, 0.717) is 6.61 Å². The van der Waals surface area contributed by atoms with Crippen molar-refractivity contribution in [1.82, 2.24) is 4.57 Å². The Labute approximate surface area is 70.3 Å². The van der Waals surface area contributed by atoms with Gasteiger partial charge >= 0.3 is 5.97 Å². The molecule has 1 aromatic heterocycles. The lowest BCUT2D eigenvalue weighted by atomic mass is 10.2. The zero-order valence-corrected chi connectivity index (χ0v) is 6.78. The van der Waals surface area contributed by atoms with Crippen molar-refractivity contribution >= 4 is 11.5 Å². The highest BCUT2D eigenvalue weighted by atomic mass is 16.5. The SMILES string of the molecule is Cn1cccc1C1=CC(=O)OC1. The van der Waals surface area contributed by atoms with Gasteiger partial charge in [-0.3, -0.25) is 0 Å². The number of aryl methyl sites for hydroxylation is 1. The molecule has 0 unspecified atom stereocenters. The molecule has 0 atom stereocenters. The van der Waals surface area contributed by atoms with E-state index in [9.17, 15) is 4.79 Å². The van der Waals surface area contributed by atoms with Gasteiger partial charge in [0.05, 0.1) is 0 Å². The molecular weight excluding hydrogens is 154 g/mol. The Balaban J connectivity index is 2.38. The first-order chi connectivity index (χ1) is 5.77. The van der Waals surface area contributed by atoms with Crippen molar-refractivity contribution in [2.45, 2.75) is 0 Å². The summed E-state index contributed by atoms with van der Waals surface area (Å²) in [4.78, 5) is 10.8. The average Bonchev–Trinajstić information content (AvgIpc) is 2.58. The van der Waals surface area contributed by atoms with Gasteiger partial charge in [-0.2, -0.15) is 0 Å². The Hall–Kier alpha value is -1.51. The summed E-state index contributed by atoms with van der Waals surface area (Å²) in [6.07, 6.45) is 3.48. The largest absolute Gasteiger partial charge is 0.458 e. The number of ether oxygens (including phenoxy) is 1. The van der Waals surface area contributed by atoms with E-state index in [1.807, 2.05) is 29.9 Å². The van der Waals surface area contributed by atoms with Crippen LogP contribution < -0.4 is 0 Å². The molecule has 0 N–H and O–H groups in total. The minimum Gasteiger partial charge on any atom is -0.458 e. The monoisotopic (exact) mass is 163 g/mol. The third-order valence-corrected chi connectivity index (χ3v) is 1.93. The minimum absolute atomic E-state index is 0.244. The summed E-state index contributed by atoms with van der Waals surface area (Å²) in [6, 6.07) is 3.91. The van der Waals surface area contributed by atoms with Crippen LogP contribution in [-0.2, 0) is 16.6 Å². The number of rotatable bonds is 1. The normalized spacial score (nSPS) is 16.1. The molecule has 3 heteroatoms. The zero-order valence-electron chi connectivity index (χ0n) is 6.78. The van der Waals surface area contributed by atoms with Crippen LogP contribution in [0.3, 0.4) is 0 Å². The van der Waals surface area contributed by atoms with Crippen LogP contribution >= 0.6 is 0 Å². The molecule has 0 fully saturated rings. The highest BCUT2D eigenvalue weighted by molar-refractivity contribution is 5.95. The number of hydrogen-bond acceptors (Lipinski definition) is 2. The highest BCUT2D eigenvalue weighted by Crippen LogP contribution is 2.18. The van der Waals surface area contributed by atoms with E-state index in [-0.39, 0.29) is 5.97 Å². The molecular formula is C9H9NO2. The predicted molar refractivity (Wildman–Crippen MR) is 44.3 cm³/mol. The number of carbonyl (C=O) groups is 1. The molecule has 62 valence electrons. The van der Waals surface area contributed by atoms with Crippen LogP contribution in [0.25, 0.3) is 5.57 Å². The molecule has 12 heavy (non-hydrogen) atoms. The first-order valence-corrected chi connectivity index (χ1v) is 3.76. The molecule has 0 aliphatic carbocycles. The molecule has 1 aromatic rings. The zero-order chi connectivity index (χ0) is 8.55. The van der Waals surface area contributed by atoms with Crippen molar-refractivity contribution in [3.63, 3.8) is 0 Å². The van der Waals surface area contributed by atoms with Crippen LogP contribution in [0, 0.1) is 0 Å². The highest BCUT2D eigenvalue weighted by Gasteiger charge is 2.15. The van der Waals surface area contributed by atoms with Gasteiger partial charge in [-0.05, 0) is 12.1 Å². The second-order valence-electron chi connectivity index (χ2n) is 2.78. The van der Waals surface area contributed by atoms with Crippen LogP contribution in [0.1, 0.15) is 5.69 Å². The molecule has 1 aliphatic heterocycles. The van der Waals surface area contributed by atoms with Crippen molar-refractivity contribution < 1.29 is 9.53 Å². The van der Waals surface area contributed by atoms with Gasteiger partial charge in [-0.25, -0.2) is 4.79 Å². The first kappa shape index (κ1) is 7.16. The summed E-state index contributed by atoms with van der Waals surface area (Å²) < 4.78 is 6.77. The van der Waals surface area contributed by atoms with Crippen LogP contribution in [0.15, 0.2) is 24.4 Å². The number of nitrogens with zero attached hydrogens (tertiary/aromatic N) is 1. The van der Waals surface area contributed by atoms with Crippen molar-refractivity contribution in [3.05, 3.63) is 30.1 Å². The molecule has 0 saturated heterocycles. The van der Waals surface area contributed by atoms with Gasteiger partial charge in [0.25, 0.3) is 0 Å². The van der Waals surface area contributed by atoms with E-state index in [1.54, 1.807) is 0 Å². The fourth-order valence-electron chi connectivity index (χ4n) is 1.32. The average molecular weight is 163 g/mol. The molecule has 0 bridgehead atoms. The van der Waals surface area contributed by atoms with E-state index in [4.69, 9.17) is 4.74 Å². The fourth-order valence-corrected chi connectivity index (χ4v) is 1.32. The van der Waals surface area contributed by atoms with Crippen molar-refractivity contribution in [3.8, 4) is 0 Å². The van der Waals surface area contributed by atoms with Crippen molar-refractivity contribution in [2.24, 2.45) is 7.05 Å². The maximum Gasteiger partial charge on any atom is 0.331 e. The predicted octanol–water partition coefficient (Wildman–Crippen LogP) is 0.965. The van der Waals surface area contributed by atoms with Gasteiger partial charge in [0, 0.05) is 30.6 Å². The molecule has 2 heterocycles. The molecule has 0 radical (unpaired) electrons. The number of hydrogen-bond donors (Lipinski definition) is 0. The summed E-state index contributed by atoms with van der Waals surface area (Å²) >= 11 is 0. The van der Waals surface area contributed by atoms with E-state index >= 15 is 0 Å². The molecule has 1 aliphatic rings. The van der Waals surface area contributed by atoms with Crippen molar-refractivity contribution in [2.75, 3.05) is 6.61 Å². The molecule has 2 rings (SSSR count). The van der Waals surface area contributed by atoms with Crippen molar-refractivity contribution in [1.29, 1.82) is 0 Å². The number of esters is 1. The topological polar surface area (TPSA) is 31.2 Å². The lowest BCUT2D eigenvalue weighted by Gasteiger charge is -2.01. The maximum atomic E-state index is 10.8. The summed E-state index contributed by atoms with van der Waals surface area (Å²) in [5, 5.41) is 0. The second-order valence-corrected chi connectivity index (χ2v) is 2.78. The Kier molecular flexibility index (Phi) is 1.50. The van der Waals surface area contributed by atoms with Gasteiger partial charge in [0.1, 0.15) is 6.61 Å². The molecule has 3 nitrogen and oxygen atoms in total. The quantitative estimate of drug-likeness (QED) is 0.577. The Morgan fingerprint density at radius 2 is 2.42 bits per heavy atom. The van der Waals surface area contributed by atoms with Crippen LogP contribution in [-0.4, -0.2) is 17.1 Å². The van der Waals surface area contributed by atoms with Gasteiger partial charge < -0.3 is 9.30 Å². The lowest BCUT2D eigenvalue weighted by molar-refractivity contribution is -0.134. The molecule has 0 saturated carbocycles. The standard InChI is InChI=1S/C9H9NO2/c1-10-4-2-3-8(10)7-5-9(11)12-6-7/h2-5H,6H2,1H3. The van der Waals surface area contributed by atoms with E-state index in [2.05, 4.69) is 0 Å². The van der Waals surface area contributed by atoms with Crippen LogP contribution in [0.2, 0.25) is 0 Å². The minimum atomic E-state index is -0.244. The van der Waals surface area contributed by atoms with Gasteiger partial charge in [0.15, 0.2) is 0 Å². The third-order valence-electron chi connectivity index (χ3n) is 1.93. The Morgan fingerprint density at radius 3 is 2.92 bits per heavy atom. The summed E-state index contributed by atoms with van der Waals surface area (Å²) in [6.45, 7) is 0.399. The molecule has 0 aromatic carbocycles. The van der Waals surface area contributed by atoms with E-state index in [1.165, 1.54) is 6.08 Å². The molecule has 0 spiro atoms. The maximum absolute atomic E-state index is 10.8. The second kappa shape index (κ2) is 2.52. The number of carbonyl (C=O) groups excluding carboxylic acids is 1. The number of cyclic esters (lactones) is 1. The van der Waals surface area contributed by atoms with E-state index < -0.39 is 0 Å². The molecule has 0 amide bonds. The third kappa shape index (κ3) is 1.03. The van der Waals surface area contributed by atoms with E-state index in [0.717, 1.165) is 11.3 Å². The van der Waals surface area contributed by atoms with Crippen LogP contribution in [0.5, 0.6) is 0 Å². The van der Waals surface area contributed by atoms with Gasteiger partial charge in [0.2, 0.25) is 0 Å². The summed E-state index contributed by atoms with van der Waals surface area (Å²) in [5.41, 5.74) is 1.99. The number of aromatic nitrogens is 1.